The van der Waals surface area contributed by atoms with E-state index >= 15 is 0 Å². The predicted molar refractivity (Wildman–Crippen MR) is 70.2 cm³/mol. The molecule has 0 fully saturated rings. The molecule has 1 aliphatic rings. The minimum Gasteiger partial charge on any atom is -0.343 e. The average Bonchev–Trinajstić information content (AvgIpc) is 2.37. The summed E-state index contributed by atoms with van der Waals surface area (Å²) in [4.78, 5) is 11.1. The molecule has 1 atom stereocenters. The summed E-state index contributed by atoms with van der Waals surface area (Å²) in [7, 11) is 1.99. The monoisotopic (exact) mass is 234 g/mol. The highest BCUT2D eigenvalue weighted by Gasteiger charge is 2.19. The number of fused-ring (bicyclic) bond motifs is 1. The molecule has 0 aliphatic heterocycles. The molecular formula is C13H22N4. The summed E-state index contributed by atoms with van der Waals surface area (Å²) in [5, 5.41) is 0. The van der Waals surface area contributed by atoms with E-state index in [1.165, 1.54) is 24.1 Å². The topological polar surface area (TPSA) is 55.0 Å². The number of hydrogen-bond acceptors (Lipinski definition) is 4. The Balaban J connectivity index is 2.15. The first-order chi connectivity index (χ1) is 8.24. The van der Waals surface area contributed by atoms with Crippen LogP contribution in [0.2, 0.25) is 0 Å². The van der Waals surface area contributed by atoms with Gasteiger partial charge in [0.1, 0.15) is 0 Å². The molecule has 0 aromatic carbocycles. The van der Waals surface area contributed by atoms with Crippen LogP contribution >= 0.6 is 0 Å². The number of nitrogens with two attached hydrogens (primary N) is 1. The van der Waals surface area contributed by atoms with E-state index in [4.69, 9.17) is 5.73 Å². The summed E-state index contributed by atoms with van der Waals surface area (Å²) < 4.78 is 0. The van der Waals surface area contributed by atoms with Crippen molar-refractivity contribution in [3.8, 4) is 0 Å². The number of aromatic nitrogens is 2. The lowest BCUT2D eigenvalue weighted by atomic mass is 9.86. The van der Waals surface area contributed by atoms with Crippen LogP contribution in [0.3, 0.4) is 0 Å². The number of rotatable bonds is 4. The third-order valence-corrected chi connectivity index (χ3v) is 3.62. The minimum atomic E-state index is 0.634. The number of nitrogens with zero attached hydrogens (tertiary/aromatic N) is 3. The van der Waals surface area contributed by atoms with Crippen LogP contribution in [0.25, 0.3) is 0 Å². The molecule has 1 aliphatic carbocycles. The number of hydrogen-bond donors (Lipinski definition) is 1. The van der Waals surface area contributed by atoms with Crippen LogP contribution in [0.1, 0.15) is 31.0 Å². The second kappa shape index (κ2) is 5.45. The Morgan fingerprint density at radius 3 is 3.06 bits per heavy atom. The summed E-state index contributed by atoms with van der Waals surface area (Å²) in [6.07, 6.45) is 6.77. The molecule has 2 rings (SSSR count). The Kier molecular flexibility index (Phi) is 3.94. The fraction of sp³-hybridized carbons (Fsp3) is 0.692. The van der Waals surface area contributed by atoms with Crippen molar-refractivity contribution in [3.05, 3.63) is 17.5 Å². The average molecular weight is 234 g/mol. The maximum atomic E-state index is 5.54. The number of likely N-dealkylation sites (N-methyl/N-ethyl adjacent to an activating group) is 1. The van der Waals surface area contributed by atoms with Gasteiger partial charge in [-0.2, -0.15) is 0 Å². The lowest BCUT2D eigenvalue weighted by Crippen LogP contribution is -2.27. The second-order valence-electron chi connectivity index (χ2n) is 4.87. The fourth-order valence-corrected chi connectivity index (χ4v) is 2.40. The van der Waals surface area contributed by atoms with Crippen LogP contribution in [0.4, 0.5) is 5.95 Å². The van der Waals surface area contributed by atoms with Crippen molar-refractivity contribution in [2.24, 2.45) is 11.7 Å². The van der Waals surface area contributed by atoms with Crippen LogP contribution in [0.15, 0.2) is 6.20 Å². The molecule has 0 radical (unpaired) electrons. The largest absolute Gasteiger partial charge is 0.343 e. The summed E-state index contributed by atoms with van der Waals surface area (Å²) in [6, 6.07) is 0. The molecule has 1 unspecified atom stereocenters. The van der Waals surface area contributed by atoms with Crippen LogP contribution in [-0.4, -0.2) is 30.1 Å². The summed E-state index contributed by atoms with van der Waals surface area (Å²) in [6.45, 7) is 3.70. The van der Waals surface area contributed by atoms with Gasteiger partial charge in [-0.15, -0.1) is 0 Å². The van der Waals surface area contributed by atoms with E-state index in [2.05, 4.69) is 16.9 Å². The third-order valence-electron chi connectivity index (χ3n) is 3.62. The maximum absolute atomic E-state index is 5.54. The zero-order valence-electron chi connectivity index (χ0n) is 10.8. The highest BCUT2D eigenvalue weighted by atomic mass is 15.2. The molecule has 1 aromatic heterocycles. The molecule has 0 spiro atoms. The molecule has 4 nitrogen and oxygen atoms in total. The zero-order valence-corrected chi connectivity index (χ0v) is 10.8. The molecule has 17 heavy (non-hydrogen) atoms. The van der Waals surface area contributed by atoms with Crippen LogP contribution < -0.4 is 10.6 Å². The van der Waals surface area contributed by atoms with E-state index in [9.17, 15) is 0 Å². The normalized spacial score (nSPS) is 18.9. The Bertz CT molecular complexity index is 378. The van der Waals surface area contributed by atoms with Crippen LogP contribution in [-0.2, 0) is 12.8 Å². The van der Waals surface area contributed by atoms with Gasteiger partial charge < -0.3 is 10.6 Å². The molecule has 4 heteroatoms. The molecule has 0 bridgehead atoms. The van der Waals surface area contributed by atoms with E-state index in [0.29, 0.717) is 6.54 Å². The predicted octanol–water partition coefficient (Wildman–Crippen LogP) is 1.39. The van der Waals surface area contributed by atoms with E-state index in [1.807, 2.05) is 18.1 Å². The Hall–Kier alpha value is -1.16. The molecule has 1 aromatic rings. The van der Waals surface area contributed by atoms with Gasteiger partial charge in [0, 0.05) is 32.0 Å². The van der Waals surface area contributed by atoms with Crippen molar-refractivity contribution in [2.75, 3.05) is 25.0 Å². The van der Waals surface area contributed by atoms with Gasteiger partial charge in [0.05, 0.1) is 0 Å². The lowest BCUT2D eigenvalue weighted by Gasteiger charge is -2.24. The van der Waals surface area contributed by atoms with Crippen molar-refractivity contribution >= 4 is 5.95 Å². The van der Waals surface area contributed by atoms with Crippen molar-refractivity contribution < 1.29 is 0 Å². The summed E-state index contributed by atoms with van der Waals surface area (Å²) in [5.74, 6) is 1.63. The van der Waals surface area contributed by atoms with Crippen molar-refractivity contribution in [1.29, 1.82) is 0 Å². The Labute approximate surface area is 103 Å². The maximum Gasteiger partial charge on any atom is 0.225 e. The van der Waals surface area contributed by atoms with E-state index < -0.39 is 0 Å². The van der Waals surface area contributed by atoms with E-state index in [1.54, 1.807) is 0 Å². The first-order valence-corrected chi connectivity index (χ1v) is 6.50. The quantitative estimate of drug-likeness (QED) is 0.855. The minimum absolute atomic E-state index is 0.634. The van der Waals surface area contributed by atoms with Gasteiger partial charge in [-0.05, 0) is 30.7 Å². The molecule has 1 heterocycles. The van der Waals surface area contributed by atoms with Crippen molar-refractivity contribution in [1.82, 2.24) is 9.97 Å². The van der Waals surface area contributed by atoms with Gasteiger partial charge in [-0.25, -0.2) is 9.97 Å². The third kappa shape index (κ3) is 2.75. The molecule has 0 amide bonds. The van der Waals surface area contributed by atoms with Crippen molar-refractivity contribution in [3.63, 3.8) is 0 Å². The molecule has 2 N–H and O–H groups in total. The fourth-order valence-electron chi connectivity index (χ4n) is 2.40. The summed E-state index contributed by atoms with van der Waals surface area (Å²) in [5.41, 5.74) is 8.12. The van der Waals surface area contributed by atoms with Gasteiger partial charge in [0.2, 0.25) is 5.95 Å². The Morgan fingerprint density at radius 1 is 1.53 bits per heavy atom. The number of anilines is 1. The Morgan fingerprint density at radius 2 is 2.35 bits per heavy atom. The van der Waals surface area contributed by atoms with E-state index in [-0.39, 0.29) is 0 Å². The van der Waals surface area contributed by atoms with Gasteiger partial charge in [-0.1, -0.05) is 13.3 Å². The van der Waals surface area contributed by atoms with Gasteiger partial charge in [0.25, 0.3) is 0 Å². The van der Waals surface area contributed by atoms with Gasteiger partial charge in [-0.3, -0.25) is 0 Å². The second-order valence-corrected chi connectivity index (χ2v) is 4.87. The smallest absolute Gasteiger partial charge is 0.225 e. The molecule has 94 valence electrons. The molecular weight excluding hydrogens is 212 g/mol. The lowest BCUT2D eigenvalue weighted by molar-refractivity contribution is 0.438. The van der Waals surface area contributed by atoms with Gasteiger partial charge in [0.15, 0.2) is 0 Å². The van der Waals surface area contributed by atoms with Crippen molar-refractivity contribution in [2.45, 2.75) is 32.6 Å². The van der Waals surface area contributed by atoms with Crippen LogP contribution in [0.5, 0.6) is 0 Å². The zero-order chi connectivity index (χ0) is 12.3. The highest BCUT2D eigenvalue weighted by Crippen LogP contribution is 2.26. The molecule has 0 saturated carbocycles. The van der Waals surface area contributed by atoms with Gasteiger partial charge >= 0.3 is 0 Å². The summed E-state index contributed by atoms with van der Waals surface area (Å²) >= 11 is 0. The number of aryl methyl sites for hydroxylation is 1. The standard InChI is InChI=1S/C13H22N4/c1-3-10-4-5-12-11(8-10)9-15-13(16-12)17(2)7-6-14/h9-10H,3-8,14H2,1-2H3. The highest BCUT2D eigenvalue weighted by molar-refractivity contribution is 5.33. The van der Waals surface area contributed by atoms with E-state index in [0.717, 1.165) is 31.3 Å². The first kappa shape index (κ1) is 12.3. The van der Waals surface area contributed by atoms with Crippen LogP contribution in [0, 0.1) is 5.92 Å². The first-order valence-electron chi connectivity index (χ1n) is 6.50. The molecule has 0 saturated heterocycles. The SMILES string of the molecule is CCC1CCc2nc(N(C)CCN)ncc2C1.